The second-order valence-electron chi connectivity index (χ2n) is 6.53. The van der Waals surface area contributed by atoms with Crippen molar-refractivity contribution in [2.75, 3.05) is 0 Å². The molecule has 1 aliphatic carbocycles. The molecule has 4 aromatic rings. The number of hydrogen-bond acceptors (Lipinski definition) is 1. The molecule has 0 saturated carbocycles. The number of benzene rings is 2. The molecule has 0 bridgehead atoms. The van der Waals surface area contributed by atoms with Gasteiger partial charge in [-0.25, -0.2) is 0 Å². The summed E-state index contributed by atoms with van der Waals surface area (Å²) in [6, 6.07) is 21.4. The molecule has 2 heterocycles. The third kappa shape index (κ3) is 2.38. The second kappa shape index (κ2) is 5.75. The average Bonchev–Trinajstić information content (AvgIpc) is 3.06. The van der Waals surface area contributed by atoms with E-state index in [0.717, 1.165) is 12.1 Å². The number of allylic oxidation sites excluding steroid dienone is 4. The van der Waals surface area contributed by atoms with Gasteiger partial charge in [0, 0.05) is 33.9 Å². The zero-order valence-electron chi connectivity index (χ0n) is 13.8. The molecule has 1 unspecified atom stereocenters. The summed E-state index contributed by atoms with van der Waals surface area (Å²) in [4.78, 5) is 8.08. The van der Waals surface area contributed by atoms with Gasteiger partial charge in [0.2, 0.25) is 0 Å². The fourth-order valence-electron chi connectivity index (χ4n) is 3.83. The van der Waals surface area contributed by atoms with Gasteiger partial charge in [-0.2, -0.15) is 0 Å². The van der Waals surface area contributed by atoms with Gasteiger partial charge in [-0.3, -0.25) is 4.98 Å². The van der Waals surface area contributed by atoms with Gasteiger partial charge in [-0.05, 0) is 47.9 Å². The van der Waals surface area contributed by atoms with E-state index in [0.29, 0.717) is 5.92 Å². The molecule has 2 aromatic carbocycles. The van der Waals surface area contributed by atoms with Crippen LogP contribution in [0.2, 0.25) is 0 Å². The van der Waals surface area contributed by atoms with E-state index in [4.69, 9.17) is 0 Å². The highest BCUT2D eigenvalue weighted by molar-refractivity contribution is 6.07. The van der Waals surface area contributed by atoms with Crippen LogP contribution in [0, 0.1) is 0 Å². The van der Waals surface area contributed by atoms with Gasteiger partial charge in [0.1, 0.15) is 0 Å². The Morgan fingerprint density at radius 2 is 1.76 bits per heavy atom. The summed E-state index contributed by atoms with van der Waals surface area (Å²) in [6.45, 7) is 0. The largest absolute Gasteiger partial charge is 0.355 e. The summed E-state index contributed by atoms with van der Waals surface area (Å²) in [6.07, 6.45) is 9.47. The van der Waals surface area contributed by atoms with E-state index in [9.17, 15) is 0 Å². The quantitative estimate of drug-likeness (QED) is 0.493. The summed E-state index contributed by atoms with van der Waals surface area (Å²) < 4.78 is 0. The molecule has 0 saturated heterocycles. The van der Waals surface area contributed by atoms with Crippen LogP contribution in [0.1, 0.15) is 23.6 Å². The van der Waals surface area contributed by atoms with Crippen molar-refractivity contribution in [3.63, 3.8) is 0 Å². The molecule has 120 valence electrons. The smallest absolute Gasteiger partial charge is 0.0667 e. The third-order valence-corrected chi connectivity index (χ3v) is 5.05. The number of aromatic amines is 1. The van der Waals surface area contributed by atoms with E-state index in [1.54, 1.807) is 0 Å². The van der Waals surface area contributed by atoms with Gasteiger partial charge in [-0.1, -0.05) is 48.6 Å². The van der Waals surface area contributed by atoms with Crippen LogP contribution >= 0.6 is 0 Å². The molecule has 2 nitrogen and oxygen atoms in total. The lowest BCUT2D eigenvalue weighted by Crippen LogP contribution is -2.05. The Balaban J connectivity index is 1.65. The first-order valence-corrected chi connectivity index (χ1v) is 8.69. The van der Waals surface area contributed by atoms with Gasteiger partial charge in [0.15, 0.2) is 0 Å². The Hall–Kier alpha value is -3.13. The zero-order valence-corrected chi connectivity index (χ0v) is 13.8. The van der Waals surface area contributed by atoms with Gasteiger partial charge >= 0.3 is 0 Å². The Morgan fingerprint density at radius 3 is 2.68 bits per heavy atom. The molecule has 25 heavy (non-hydrogen) atoms. The minimum atomic E-state index is 0.345. The van der Waals surface area contributed by atoms with E-state index >= 15 is 0 Å². The first-order valence-electron chi connectivity index (χ1n) is 8.69. The zero-order chi connectivity index (χ0) is 16.6. The molecule has 1 atom stereocenters. The summed E-state index contributed by atoms with van der Waals surface area (Å²) in [5.74, 6) is 0.345. The summed E-state index contributed by atoms with van der Waals surface area (Å²) in [5.41, 5.74) is 6.09. The molecule has 0 fully saturated rings. The number of rotatable bonds is 2. The second-order valence-corrected chi connectivity index (χ2v) is 6.53. The predicted octanol–water partition coefficient (Wildman–Crippen LogP) is 5.84. The summed E-state index contributed by atoms with van der Waals surface area (Å²) in [7, 11) is 0. The highest BCUT2D eigenvalue weighted by Crippen LogP contribution is 2.38. The summed E-state index contributed by atoms with van der Waals surface area (Å²) >= 11 is 0. The number of aromatic nitrogens is 2. The van der Waals surface area contributed by atoms with Crippen LogP contribution in [0.15, 0.2) is 85.1 Å². The van der Waals surface area contributed by atoms with E-state index in [1.165, 1.54) is 32.9 Å². The predicted molar refractivity (Wildman–Crippen MR) is 105 cm³/mol. The highest BCUT2D eigenvalue weighted by Gasteiger charge is 2.20. The highest BCUT2D eigenvalue weighted by atomic mass is 14.7. The third-order valence-electron chi connectivity index (χ3n) is 5.05. The molecule has 1 aliphatic rings. The van der Waals surface area contributed by atoms with E-state index in [1.807, 2.05) is 12.3 Å². The van der Waals surface area contributed by atoms with Gasteiger partial charge in [0.05, 0.1) is 5.69 Å². The Kier molecular flexibility index (Phi) is 3.27. The van der Waals surface area contributed by atoms with Gasteiger partial charge in [0.25, 0.3) is 0 Å². The van der Waals surface area contributed by atoms with Crippen molar-refractivity contribution >= 4 is 27.4 Å². The van der Waals surface area contributed by atoms with Crippen molar-refractivity contribution in [1.29, 1.82) is 0 Å². The maximum atomic E-state index is 4.57. The van der Waals surface area contributed by atoms with Crippen molar-refractivity contribution in [3.05, 3.63) is 96.3 Å². The molecule has 1 N–H and O–H groups in total. The van der Waals surface area contributed by atoms with Crippen LogP contribution in [-0.2, 0) is 0 Å². The van der Waals surface area contributed by atoms with Crippen LogP contribution in [-0.4, -0.2) is 9.97 Å². The van der Waals surface area contributed by atoms with Crippen molar-refractivity contribution in [3.8, 4) is 0 Å². The number of hydrogen-bond donors (Lipinski definition) is 1. The van der Waals surface area contributed by atoms with Gasteiger partial charge < -0.3 is 4.98 Å². The first-order chi connectivity index (χ1) is 12.4. The SMILES string of the molecule is C1=CCC(c2ccc3[nH]c4ccccc4c3c2)C(c2ccccn2)=C1. The fourth-order valence-corrected chi connectivity index (χ4v) is 3.83. The lowest BCUT2D eigenvalue weighted by molar-refractivity contribution is 0.869. The molecule has 5 rings (SSSR count). The molecule has 0 aliphatic heterocycles. The van der Waals surface area contributed by atoms with Crippen LogP contribution in [0.5, 0.6) is 0 Å². The molecular weight excluding hydrogens is 304 g/mol. The van der Waals surface area contributed by atoms with E-state index in [-0.39, 0.29) is 0 Å². The first kappa shape index (κ1) is 14.2. The normalized spacial score (nSPS) is 17.1. The maximum absolute atomic E-state index is 4.57. The minimum Gasteiger partial charge on any atom is -0.355 e. The average molecular weight is 322 g/mol. The standard InChI is InChI=1S/C23H18N2/c1-2-8-18(21-10-5-6-14-24-21)17(7-1)16-12-13-23-20(15-16)19-9-3-4-11-22(19)25-23/h1-6,8-15,17,25H,7H2. The van der Waals surface area contributed by atoms with Gasteiger partial charge in [-0.15, -0.1) is 0 Å². The molecule has 0 spiro atoms. The molecule has 0 amide bonds. The number of nitrogens with zero attached hydrogens (tertiary/aromatic N) is 1. The number of nitrogens with one attached hydrogen (secondary N) is 1. The Morgan fingerprint density at radius 1 is 0.880 bits per heavy atom. The fraction of sp³-hybridized carbons (Fsp3) is 0.0870. The summed E-state index contributed by atoms with van der Waals surface area (Å²) in [5, 5.41) is 2.58. The Labute approximate surface area is 146 Å². The van der Waals surface area contributed by atoms with Crippen molar-refractivity contribution in [1.82, 2.24) is 9.97 Å². The van der Waals surface area contributed by atoms with Crippen molar-refractivity contribution in [2.45, 2.75) is 12.3 Å². The lowest BCUT2D eigenvalue weighted by atomic mass is 9.83. The van der Waals surface area contributed by atoms with Crippen LogP contribution in [0.25, 0.3) is 27.4 Å². The molecule has 0 radical (unpaired) electrons. The van der Waals surface area contributed by atoms with Crippen LogP contribution in [0.4, 0.5) is 0 Å². The Bertz CT molecular complexity index is 1120. The van der Waals surface area contributed by atoms with E-state index < -0.39 is 0 Å². The van der Waals surface area contributed by atoms with Crippen LogP contribution in [0.3, 0.4) is 0 Å². The lowest BCUT2D eigenvalue weighted by Gasteiger charge is -2.22. The molecule has 2 heteroatoms. The monoisotopic (exact) mass is 322 g/mol. The molecular formula is C23H18N2. The number of H-pyrrole nitrogens is 1. The number of para-hydroxylation sites is 1. The number of fused-ring (bicyclic) bond motifs is 3. The minimum absolute atomic E-state index is 0.345. The maximum Gasteiger partial charge on any atom is 0.0667 e. The van der Waals surface area contributed by atoms with Crippen molar-refractivity contribution < 1.29 is 0 Å². The van der Waals surface area contributed by atoms with Crippen LogP contribution < -0.4 is 0 Å². The topological polar surface area (TPSA) is 28.7 Å². The van der Waals surface area contributed by atoms with Crippen molar-refractivity contribution in [2.24, 2.45) is 0 Å². The van der Waals surface area contributed by atoms with E-state index in [2.05, 4.69) is 82.8 Å². The molecule has 2 aromatic heterocycles. The number of pyridine rings is 1.